The highest BCUT2D eigenvalue weighted by molar-refractivity contribution is 5.73. The maximum Gasteiger partial charge on any atom is 0.217 e. The topological polar surface area (TPSA) is 574 Å². The first kappa shape index (κ1) is 68.8. The maximum atomic E-state index is 13.1. The molecule has 0 aromatic rings. The molecule has 36 heteroatoms. The lowest BCUT2D eigenvalue weighted by Crippen LogP contribution is -2.72. The van der Waals surface area contributed by atoms with Crippen LogP contribution in [0.4, 0.5) is 0 Å². The molecule has 6 aliphatic rings. The molecule has 478 valence electrons. The van der Waals surface area contributed by atoms with Gasteiger partial charge in [-0.25, -0.2) is 0 Å². The second-order valence-corrected chi connectivity index (χ2v) is 20.8. The monoisotopic (exact) mass is 1200 g/mol. The number of aliphatic hydroxyl groups excluding tert-OH is 20. The molecule has 6 aliphatic heterocycles. The van der Waals surface area contributed by atoms with Gasteiger partial charge in [-0.2, -0.15) is 0 Å². The van der Waals surface area contributed by atoms with Crippen molar-refractivity contribution in [1.29, 1.82) is 0 Å². The molecule has 6 heterocycles. The molecule has 82 heavy (non-hydrogen) atoms. The summed E-state index contributed by atoms with van der Waals surface area (Å²) in [6.07, 6.45) is -62.7. The van der Waals surface area contributed by atoms with Crippen LogP contribution in [0.15, 0.2) is 0 Å². The second kappa shape index (κ2) is 30.0. The average Bonchev–Trinajstić information content (AvgIpc) is 2.26. The lowest BCUT2D eigenvalue weighted by atomic mass is 9.93. The number of carbonyl (C=O) groups is 2. The third-order valence-corrected chi connectivity index (χ3v) is 14.9. The molecule has 0 bridgehead atoms. The van der Waals surface area contributed by atoms with Crippen molar-refractivity contribution in [2.45, 2.75) is 236 Å². The third kappa shape index (κ3) is 15.1. The lowest BCUT2D eigenvalue weighted by Gasteiger charge is -2.52. The van der Waals surface area contributed by atoms with Gasteiger partial charge in [-0.3, -0.25) is 9.59 Å². The first-order valence-electron chi connectivity index (χ1n) is 26.3. The van der Waals surface area contributed by atoms with Gasteiger partial charge >= 0.3 is 0 Å². The summed E-state index contributed by atoms with van der Waals surface area (Å²) in [6.45, 7) is -2.12. The van der Waals surface area contributed by atoms with Gasteiger partial charge in [-0.1, -0.05) is 0 Å². The zero-order chi connectivity index (χ0) is 60.9. The summed E-state index contributed by atoms with van der Waals surface area (Å²) in [4.78, 5) is 26.1. The molecule has 6 saturated heterocycles. The summed E-state index contributed by atoms with van der Waals surface area (Å²) < 4.78 is 71.5. The number of hydrogen-bond acceptors (Lipinski definition) is 34. The van der Waals surface area contributed by atoms with E-state index in [2.05, 4.69) is 10.6 Å². The van der Waals surface area contributed by atoms with Crippen LogP contribution in [0.5, 0.6) is 0 Å². The Morgan fingerprint density at radius 3 is 1.15 bits per heavy atom. The lowest BCUT2D eigenvalue weighted by molar-refractivity contribution is -0.395. The van der Waals surface area contributed by atoms with Crippen LogP contribution in [-0.4, -0.2) is 362 Å². The van der Waals surface area contributed by atoms with E-state index in [-0.39, 0.29) is 0 Å². The Morgan fingerprint density at radius 1 is 0.390 bits per heavy atom. The molecule has 0 aromatic heterocycles. The molecule has 0 unspecified atom stereocenters. The van der Waals surface area contributed by atoms with Crippen LogP contribution in [0.1, 0.15) is 27.7 Å². The van der Waals surface area contributed by atoms with E-state index in [4.69, 9.17) is 56.8 Å². The zero-order valence-electron chi connectivity index (χ0n) is 44.5. The fraction of sp³-hybridized carbons (Fsp3) is 0.957. The van der Waals surface area contributed by atoms with E-state index in [9.17, 15) is 112 Å². The first-order valence-corrected chi connectivity index (χ1v) is 26.3. The van der Waals surface area contributed by atoms with Gasteiger partial charge in [0.15, 0.2) is 37.7 Å². The summed E-state index contributed by atoms with van der Waals surface area (Å²) >= 11 is 0. The number of aliphatic hydroxyl groups is 20. The summed E-state index contributed by atoms with van der Waals surface area (Å²) in [5.41, 5.74) is 0. The Balaban J connectivity index is 1.40. The van der Waals surface area contributed by atoms with Crippen molar-refractivity contribution in [2.75, 3.05) is 39.6 Å². The SMILES string of the molecule is CC(=O)N[C@H]1[C@H](O[C@@H]2[C@@H](O)[C@H](O[C@H]3[C@H](O[C@@H]4O[C@@H](C)[C@@H](O)[C@@H](O)[C@@H]4O)[C@@H](NC(C)=O)[C@H](O[C@@H]([C@@H](O)[C@H](O)CO)[C@@H](O)CO)O[C@@H]3CO)O[C@H](CO)[C@H]2O)O[C@H](CO)[C@@H](O[C@@H]2O[C@H](CO)[C@H](O)[C@H](O)[C@H]2O)[C@@H]1O[C@@H]1O[C@@H](C)[C@@H](O)[C@@H](O)[C@@H]1O. The van der Waals surface area contributed by atoms with E-state index in [1.54, 1.807) is 0 Å². The minimum atomic E-state index is -2.38. The van der Waals surface area contributed by atoms with E-state index in [1.165, 1.54) is 13.8 Å². The molecule has 2 amide bonds. The van der Waals surface area contributed by atoms with Gasteiger partial charge in [-0.15, -0.1) is 0 Å². The maximum absolute atomic E-state index is 13.1. The van der Waals surface area contributed by atoms with Gasteiger partial charge in [0, 0.05) is 13.8 Å². The van der Waals surface area contributed by atoms with E-state index < -0.39 is 260 Å². The van der Waals surface area contributed by atoms with Crippen molar-refractivity contribution in [3.63, 3.8) is 0 Å². The van der Waals surface area contributed by atoms with Crippen molar-refractivity contribution in [2.24, 2.45) is 0 Å². The number of amides is 2. The van der Waals surface area contributed by atoms with E-state index in [0.717, 1.165) is 13.8 Å². The minimum absolute atomic E-state index is 0.921. The predicted octanol–water partition coefficient (Wildman–Crippen LogP) is -14.3. The molecular weight excluding hydrogens is 1120 g/mol. The highest BCUT2D eigenvalue weighted by Crippen LogP contribution is 2.39. The smallest absolute Gasteiger partial charge is 0.217 e. The van der Waals surface area contributed by atoms with Crippen molar-refractivity contribution in [3.05, 3.63) is 0 Å². The Labute approximate surface area is 466 Å². The Bertz CT molecular complexity index is 1980. The molecule has 22 N–H and O–H groups in total. The van der Waals surface area contributed by atoms with Crippen LogP contribution in [0.2, 0.25) is 0 Å². The standard InChI is InChI=1S/C46H80N2O34/c1-11-23(59)28(64)31(67)43(71-11)80-38-21(47-13(3)55)41(77-35(16(58)6-50)25(61)15(57)5-49)75-20(10-54)37(38)79-46-34(70)40(27(63)18(8-52)74-46)82-42-22(48-14(4)56)39(81-44-32(68)29(65)24(60)12(2)72-44)36(19(9-53)76-42)78-45-33(69)30(66)26(62)17(7-51)73-45/h11-12,15-46,49-54,57-70H,5-10H2,1-4H3,(H,47,55)(H,48,56)/t11-,12-,15+,16-,17+,18+,19+,20+,21+,22+,23+,24+,25-,26-,27+,28+,29+,30-,31-,32-,33+,34+,35+,36+,37+,38+,39+,40-,41-,42-,43-,44-,45-,46-/m0/s1. The van der Waals surface area contributed by atoms with Crippen molar-refractivity contribution >= 4 is 11.8 Å². The molecule has 34 atom stereocenters. The fourth-order valence-electron chi connectivity index (χ4n) is 10.3. The molecule has 0 radical (unpaired) electrons. The molecule has 6 fully saturated rings. The first-order chi connectivity index (χ1) is 38.7. The predicted molar refractivity (Wildman–Crippen MR) is 254 cm³/mol. The molecular formula is C46H80N2O34. The van der Waals surface area contributed by atoms with E-state index in [0.29, 0.717) is 0 Å². The van der Waals surface area contributed by atoms with Crippen LogP contribution in [-0.2, 0) is 66.4 Å². The van der Waals surface area contributed by atoms with Gasteiger partial charge in [0.1, 0.15) is 159 Å². The fourth-order valence-corrected chi connectivity index (χ4v) is 10.3. The summed E-state index contributed by atoms with van der Waals surface area (Å²) in [6, 6.07) is -3.78. The van der Waals surface area contributed by atoms with Crippen LogP contribution < -0.4 is 10.6 Å². The highest BCUT2D eigenvalue weighted by atomic mass is 16.8. The molecule has 6 rings (SSSR count). The van der Waals surface area contributed by atoms with Gasteiger partial charge in [0.25, 0.3) is 0 Å². The van der Waals surface area contributed by atoms with Crippen molar-refractivity contribution in [3.8, 4) is 0 Å². The number of carbonyl (C=O) groups excluding carboxylic acids is 2. The van der Waals surface area contributed by atoms with Gasteiger partial charge < -0.3 is 170 Å². The summed E-state index contributed by atoms with van der Waals surface area (Å²) in [5, 5.41) is 220. The molecule has 0 aliphatic carbocycles. The van der Waals surface area contributed by atoms with Gasteiger partial charge in [0.05, 0.1) is 51.8 Å². The average molecular weight is 1210 g/mol. The van der Waals surface area contributed by atoms with Crippen molar-refractivity contribution in [1.82, 2.24) is 10.6 Å². The minimum Gasteiger partial charge on any atom is -0.394 e. The molecule has 0 aromatic carbocycles. The quantitative estimate of drug-likeness (QED) is 0.0452. The molecule has 0 saturated carbocycles. The largest absolute Gasteiger partial charge is 0.394 e. The van der Waals surface area contributed by atoms with Crippen LogP contribution in [0, 0.1) is 0 Å². The zero-order valence-corrected chi connectivity index (χ0v) is 44.5. The van der Waals surface area contributed by atoms with Gasteiger partial charge in [0.2, 0.25) is 11.8 Å². The normalized spacial score (nSPS) is 47.2. The van der Waals surface area contributed by atoms with Crippen molar-refractivity contribution < 1.29 is 169 Å². The highest BCUT2D eigenvalue weighted by Gasteiger charge is 2.59. The number of ether oxygens (including phenoxy) is 12. The second-order valence-electron chi connectivity index (χ2n) is 20.8. The Morgan fingerprint density at radius 2 is 0.732 bits per heavy atom. The van der Waals surface area contributed by atoms with Crippen LogP contribution in [0.3, 0.4) is 0 Å². The summed E-state index contributed by atoms with van der Waals surface area (Å²) in [7, 11) is 0. The Kier molecular flexibility index (Phi) is 25.2. The number of hydrogen-bond donors (Lipinski definition) is 22. The van der Waals surface area contributed by atoms with E-state index >= 15 is 0 Å². The number of rotatable bonds is 23. The third-order valence-electron chi connectivity index (χ3n) is 14.9. The van der Waals surface area contributed by atoms with Gasteiger partial charge in [-0.05, 0) is 13.8 Å². The molecule has 0 spiro atoms. The number of nitrogens with one attached hydrogen (secondary N) is 2. The summed E-state index contributed by atoms with van der Waals surface area (Å²) in [5.74, 6) is -1.85. The van der Waals surface area contributed by atoms with E-state index in [1.807, 2.05) is 0 Å². The van der Waals surface area contributed by atoms with Crippen LogP contribution in [0.25, 0.3) is 0 Å². The van der Waals surface area contributed by atoms with Crippen LogP contribution >= 0.6 is 0 Å². The Hall–Kier alpha value is -2.34. The molecule has 36 nitrogen and oxygen atoms in total.